The largest absolute Gasteiger partial charge is 0.342 e. The van der Waals surface area contributed by atoms with E-state index in [4.69, 9.17) is 0 Å². The number of likely N-dealkylation sites (tertiary alicyclic amines) is 2. The Morgan fingerprint density at radius 1 is 0.857 bits per heavy atom. The van der Waals surface area contributed by atoms with Gasteiger partial charge in [-0.3, -0.25) is 9.69 Å². The number of hydrogen-bond donors (Lipinski definition) is 0. The number of amides is 1. The van der Waals surface area contributed by atoms with Gasteiger partial charge in [-0.1, -0.05) is 18.2 Å². The van der Waals surface area contributed by atoms with Gasteiger partial charge >= 0.3 is 0 Å². The molecule has 0 radical (unpaired) electrons. The predicted molar refractivity (Wildman–Crippen MR) is 108 cm³/mol. The second-order valence-corrected chi connectivity index (χ2v) is 10.3. The Bertz CT molecular complexity index is 769. The smallest absolute Gasteiger partial charge is 0.243 e. The Labute approximate surface area is 168 Å². The summed E-state index contributed by atoms with van der Waals surface area (Å²) in [5.41, 5.74) is 0. The van der Waals surface area contributed by atoms with E-state index in [0.29, 0.717) is 29.9 Å². The van der Waals surface area contributed by atoms with Crippen molar-refractivity contribution in [1.82, 2.24) is 14.1 Å². The lowest BCUT2D eigenvalue weighted by Gasteiger charge is -2.42. The van der Waals surface area contributed by atoms with E-state index in [1.54, 1.807) is 28.6 Å². The lowest BCUT2D eigenvalue weighted by Crippen LogP contribution is -2.51. The zero-order valence-corrected chi connectivity index (χ0v) is 17.3. The van der Waals surface area contributed by atoms with E-state index < -0.39 is 10.0 Å². The highest BCUT2D eigenvalue weighted by molar-refractivity contribution is 7.89. The number of rotatable bonds is 4. The van der Waals surface area contributed by atoms with Gasteiger partial charge in [0.25, 0.3) is 0 Å². The second kappa shape index (κ2) is 8.51. The monoisotopic (exact) mass is 405 g/mol. The summed E-state index contributed by atoms with van der Waals surface area (Å²) in [6.45, 7) is 4.83. The number of sulfonamides is 1. The summed E-state index contributed by atoms with van der Waals surface area (Å²) in [6, 6.07) is 9.09. The number of piperidine rings is 2. The predicted octanol–water partition coefficient (Wildman–Crippen LogP) is 2.17. The highest BCUT2D eigenvalue weighted by atomic mass is 32.2. The van der Waals surface area contributed by atoms with Crippen LogP contribution in [-0.4, -0.2) is 73.7 Å². The van der Waals surface area contributed by atoms with Gasteiger partial charge in [-0.05, 0) is 57.2 Å². The Kier molecular flexibility index (Phi) is 6.04. The Hall–Kier alpha value is -1.44. The first-order valence-electron chi connectivity index (χ1n) is 10.6. The molecule has 3 fully saturated rings. The summed E-state index contributed by atoms with van der Waals surface area (Å²) >= 11 is 0. The maximum atomic E-state index is 12.8. The van der Waals surface area contributed by atoms with E-state index in [9.17, 15) is 13.2 Å². The van der Waals surface area contributed by atoms with Gasteiger partial charge in [0, 0.05) is 38.8 Å². The van der Waals surface area contributed by atoms with Crippen molar-refractivity contribution < 1.29 is 13.2 Å². The second-order valence-electron chi connectivity index (χ2n) is 8.31. The number of hydrogen-bond acceptors (Lipinski definition) is 4. The molecule has 3 saturated heterocycles. The van der Waals surface area contributed by atoms with Gasteiger partial charge < -0.3 is 4.90 Å². The fourth-order valence-corrected chi connectivity index (χ4v) is 6.42. The molecule has 0 bridgehead atoms. The molecule has 1 atom stereocenters. The van der Waals surface area contributed by atoms with Crippen LogP contribution in [0.25, 0.3) is 0 Å². The molecule has 1 aromatic rings. The molecule has 3 aliphatic heterocycles. The van der Waals surface area contributed by atoms with Crippen LogP contribution in [-0.2, 0) is 14.8 Å². The molecule has 0 spiro atoms. The van der Waals surface area contributed by atoms with Gasteiger partial charge in [0.2, 0.25) is 15.9 Å². The Morgan fingerprint density at radius 3 is 2.21 bits per heavy atom. The Morgan fingerprint density at radius 2 is 1.54 bits per heavy atom. The molecule has 3 heterocycles. The lowest BCUT2D eigenvalue weighted by molar-refractivity contribution is -0.136. The van der Waals surface area contributed by atoms with Crippen LogP contribution in [0.3, 0.4) is 0 Å². The topological polar surface area (TPSA) is 60.9 Å². The molecular formula is C21H31N3O3S. The summed E-state index contributed by atoms with van der Waals surface area (Å²) in [7, 11) is -3.40. The zero-order valence-electron chi connectivity index (χ0n) is 16.5. The van der Waals surface area contributed by atoms with Crippen LogP contribution in [0.15, 0.2) is 35.2 Å². The van der Waals surface area contributed by atoms with Gasteiger partial charge in [-0.15, -0.1) is 0 Å². The minimum Gasteiger partial charge on any atom is -0.342 e. The molecule has 28 heavy (non-hydrogen) atoms. The fourth-order valence-electron chi connectivity index (χ4n) is 4.92. The molecule has 3 aliphatic rings. The van der Waals surface area contributed by atoms with Crippen LogP contribution in [0.5, 0.6) is 0 Å². The number of nitrogens with zero attached hydrogens (tertiary/aromatic N) is 3. The average Bonchev–Trinajstić information content (AvgIpc) is 3.29. The van der Waals surface area contributed by atoms with Crippen molar-refractivity contribution in [2.75, 3.05) is 39.3 Å². The maximum absolute atomic E-state index is 12.8. The van der Waals surface area contributed by atoms with Crippen molar-refractivity contribution in [1.29, 1.82) is 0 Å². The molecule has 0 aliphatic carbocycles. The molecular weight excluding hydrogens is 374 g/mol. The molecule has 7 heteroatoms. The minimum absolute atomic E-state index is 0.123. The molecule has 6 nitrogen and oxygen atoms in total. The van der Waals surface area contributed by atoms with Crippen LogP contribution in [0, 0.1) is 5.92 Å². The molecule has 0 saturated carbocycles. The van der Waals surface area contributed by atoms with Crippen molar-refractivity contribution in [3.63, 3.8) is 0 Å². The maximum Gasteiger partial charge on any atom is 0.243 e. The average molecular weight is 406 g/mol. The number of carbonyl (C=O) groups excluding carboxylic acids is 1. The molecule has 154 valence electrons. The van der Waals surface area contributed by atoms with E-state index >= 15 is 0 Å². The first kappa shape index (κ1) is 19.9. The van der Waals surface area contributed by atoms with E-state index in [2.05, 4.69) is 4.90 Å². The summed E-state index contributed by atoms with van der Waals surface area (Å²) in [6.07, 6.45) is 6.01. The van der Waals surface area contributed by atoms with Crippen LogP contribution in [0.1, 0.15) is 38.5 Å². The van der Waals surface area contributed by atoms with Crippen molar-refractivity contribution in [2.45, 2.75) is 49.5 Å². The standard InChI is InChI=1S/C21H31N3O3S/c25-21(22-12-4-5-13-22)18-7-6-14-23(17-18)19-10-15-24(16-11-19)28(26,27)20-8-2-1-3-9-20/h1-3,8-9,18-19H,4-7,10-17H2/t18-/m1/s1. The van der Waals surface area contributed by atoms with Crippen molar-refractivity contribution >= 4 is 15.9 Å². The first-order valence-corrected chi connectivity index (χ1v) is 12.1. The van der Waals surface area contributed by atoms with E-state index in [1.165, 1.54) is 0 Å². The lowest BCUT2D eigenvalue weighted by atomic mass is 9.93. The number of benzene rings is 1. The molecule has 0 N–H and O–H groups in total. The molecule has 1 amide bonds. The van der Waals surface area contributed by atoms with Crippen LogP contribution in [0.4, 0.5) is 0 Å². The van der Waals surface area contributed by atoms with Gasteiger partial charge in [-0.25, -0.2) is 8.42 Å². The van der Waals surface area contributed by atoms with E-state index in [0.717, 1.165) is 64.7 Å². The highest BCUT2D eigenvalue weighted by Gasteiger charge is 2.36. The zero-order chi connectivity index (χ0) is 19.6. The summed E-state index contributed by atoms with van der Waals surface area (Å²) in [4.78, 5) is 17.7. The minimum atomic E-state index is -3.40. The van der Waals surface area contributed by atoms with Gasteiger partial charge in [0.05, 0.1) is 10.8 Å². The van der Waals surface area contributed by atoms with E-state index in [1.807, 2.05) is 11.0 Å². The third-order valence-electron chi connectivity index (χ3n) is 6.54. The highest BCUT2D eigenvalue weighted by Crippen LogP contribution is 2.28. The molecule has 1 aromatic carbocycles. The molecule has 4 rings (SSSR count). The summed E-state index contributed by atoms with van der Waals surface area (Å²) in [5, 5.41) is 0. The van der Waals surface area contributed by atoms with Crippen molar-refractivity contribution in [3.8, 4) is 0 Å². The molecule has 0 unspecified atom stereocenters. The van der Waals surface area contributed by atoms with Crippen LogP contribution < -0.4 is 0 Å². The first-order chi connectivity index (χ1) is 13.6. The van der Waals surface area contributed by atoms with Crippen LogP contribution >= 0.6 is 0 Å². The SMILES string of the molecule is O=C([C@@H]1CCCN(C2CCN(S(=O)(=O)c3ccccc3)CC2)C1)N1CCCC1. The fraction of sp³-hybridized carbons (Fsp3) is 0.667. The Balaban J connectivity index is 1.34. The normalized spacial score (nSPS) is 25.9. The quantitative estimate of drug-likeness (QED) is 0.770. The van der Waals surface area contributed by atoms with Gasteiger partial charge in [0.1, 0.15) is 0 Å². The van der Waals surface area contributed by atoms with Gasteiger partial charge in [0.15, 0.2) is 0 Å². The van der Waals surface area contributed by atoms with Crippen molar-refractivity contribution in [2.24, 2.45) is 5.92 Å². The van der Waals surface area contributed by atoms with Crippen LogP contribution in [0.2, 0.25) is 0 Å². The third-order valence-corrected chi connectivity index (χ3v) is 8.45. The van der Waals surface area contributed by atoms with Crippen molar-refractivity contribution in [3.05, 3.63) is 30.3 Å². The summed E-state index contributed by atoms with van der Waals surface area (Å²) in [5.74, 6) is 0.462. The molecule has 0 aromatic heterocycles. The van der Waals surface area contributed by atoms with Gasteiger partial charge in [-0.2, -0.15) is 4.31 Å². The third kappa shape index (κ3) is 4.11. The summed E-state index contributed by atoms with van der Waals surface area (Å²) < 4.78 is 27.3. The number of carbonyl (C=O) groups is 1. The van der Waals surface area contributed by atoms with E-state index in [-0.39, 0.29) is 5.92 Å².